The Morgan fingerprint density at radius 3 is 2.94 bits per heavy atom. The molecule has 1 aromatic heterocycles. The van der Waals surface area contributed by atoms with Crippen LogP contribution in [0.4, 0.5) is 4.79 Å². The number of hydrogen-bond donors (Lipinski definition) is 0. The Balaban J connectivity index is 2.27. The summed E-state index contributed by atoms with van der Waals surface area (Å²) in [6.45, 7) is 4.50. The highest BCUT2D eigenvalue weighted by Crippen LogP contribution is 2.31. The van der Waals surface area contributed by atoms with Crippen LogP contribution in [0, 0.1) is 0 Å². The molecule has 1 aromatic rings. The molecule has 0 spiro atoms. The van der Waals surface area contributed by atoms with Gasteiger partial charge in [-0.05, 0) is 26.0 Å². The van der Waals surface area contributed by atoms with E-state index in [1.54, 1.807) is 23.2 Å². The number of ether oxygens (including phenoxy) is 1. The lowest BCUT2D eigenvalue weighted by molar-refractivity contribution is 0.129. The van der Waals surface area contributed by atoms with Gasteiger partial charge < -0.3 is 9.64 Å². The first-order valence-corrected chi connectivity index (χ1v) is 5.60. The monoisotopic (exact) mass is 240 g/mol. The molecule has 2 rings (SSSR count). The number of likely N-dealkylation sites (N-methyl/N-ethyl adjacent to an activating group) is 1. The molecule has 1 saturated heterocycles. The molecule has 1 aliphatic heterocycles. The molecule has 2 atom stereocenters. The summed E-state index contributed by atoms with van der Waals surface area (Å²) in [5, 5.41) is 0.600. The molecule has 0 aliphatic carbocycles. The van der Waals surface area contributed by atoms with Crippen molar-refractivity contribution in [1.29, 1.82) is 0 Å². The fraction of sp³-hybridized carbons (Fsp3) is 0.455. The number of aromatic nitrogens is 1. The van der Waals surface area contributed by atoms with E-state index in [1.165, 1.54) is 0 Å². The Morgan fingerprint density at radius 2 is 2.38 bits per heavy atom. The van der Waals surface area contributed by atoms with Gasteiger partial charge in [0.25, 0.3) is 0 Å². The minimum Gasteiger partial charge on any atom is -0.437 e. The second-order valence-corrected chi connectivity index (χ2v) is 4.17. The number of nitrogens with zero attached hydrogens (tertiary/aromatic N) is 2. The zero-order valence-electron chi connectivity index (χ0n) is 9.18. The summed E-state index contributed by atoms with van der Waals surface area (Å²) in [4.78, 5) is 17.4. The Labute approximate surface area is 99.2 Å². The van der Waals surface area contributed by atoms with E-state index in [2.05, 4.69) is 4.98 Å². The average molecular weight is 241 g/mol. The van der Waals surface area contributed by atoms with Crippen molar-refractivity contribution in [3.8, 4) is 0 Å². The van der Waals surface area contributed by atoms with E-state index in [1.807, 2.05) is 13.8 Å². The predicted octanol–water partition coefficient (Wildman–Crippen LogP) is 2.64. The van der Waals surface area contributed by atoms with Crippen molar-refractivity contribution >= 4 is 17.7 Å². The van der Waals surface area contributed by atoms with Crippen LogP contribution in [-0.2, 0) is 4.74 Å². The molecule has 1 amide bonds. The summed E-state index contributed by atoms with van der Waals surface area (Å²) in [6, 6.07) is 3.42. The lowest BCUT2D eigenvalue weighted by Gasteiger charge is -2.18. The fourth-order valence-electron chi connectivity index (χ4n) is 1.91. The van der Waals surface area contributed by atoms with Crippen LogP contribution in [0.2, 0.25) is 5.02 Å². The molecule has 16 heavy (non-hydrogen) atoms. The van der Waals surface area contributed by atoms with E-state index in [9.17, 15) is 4.79 Å². The number of halogens is 1. The summed E-state index contributed by atoms with van der Waals surface area (Å²) >= 11 is 5.88. The second-order valence-electron chi connectivity index (χ2n) is 3.73. The van der Waals surface area contributed by atoms with Crippen molar-refractivity contribution < 1.29 is 9.53 Å². The molecule has 0 aromatic carbocycles. The highest BCUT2D eigenvalue weighted by atomic mass is 35.5. The van der Waals surface area contributed by atoms with Gasteiger partial charge in [-0.15, -0.1) is 0 Å². The van der Waals surface area contributed by atoms with Crippen LogP contribution in [0.1, 0.15) is 25.6 Å². The summed E-state index contributed by atoms with van der Waals surface area (Å²) in [6.07, 6.45) is 1.00. The summed E-state index contributed by atoms with van der Waals surface area (Å²) in [5.74, 6) is 0. The topological polar surface area (TPSA) is 42.4 Å². The van der Waals surface area contributed by atoms with E-state index >= 15 is 0 Å². The van der Waals surface area contributed by atoms with Crippen LogP contribution in [-0.4, -0.2) is 28.6 Å². The third-order valence-corrected chi connectivity index (χ3v) is 3.00. The molecule has 0 unspecified atom stereocenters. The summed E-state index contributed by atoms with van der Waals surface area (Å²) in [7, 11) is 0. The zero-order chi connectivity index (χ0) is 11.7. The molecule has 0 radical (unpaired) electrons. The highest BCUT2D eigenvalue weighted by molar-refractivity contribution is 6.30. The molecule has 0 saturated carbocycles. The number of rotatable bonds is 2. The first kappa shape index (κ1) is 11.2. The lowest BCUT2D eigenvalue weighted by atomic mass is 10.1. The Morgan fingerprint density at radius 1 is 1.62 bits per heavy atom. The largest absolute Gasteiger partial charge is 0.437 e. The van der Waals surface area contributed by atoms with E-state index in [0.717, 1.165) is 0 Å². The molecule has 1 aliphatic rings. The van der Waals surface area contributed by atoms with Crippen molar-refractivity contribution in [2.45, 2.75) is 26.0 Å². The molecular formula is C11H13ClN2O2. The smallest absolute Gasteiger partial charge is 0.410 e. The fourth-order valence-corrected chi connectivity index (χ4v) is 2.07. The highest BCUT2D eigenvalue weighted by Gasteiger charge is 2.39. The third-order valence-electron chi connectivity index (χ3n) is 2.77. The van der Waals surface area contributed by atoms with Gasteiger partial charge in [-0.3, -0.25) is 4.98 Å². The minimum absolute atomic E-state index is 0.0107. The van der Waals surface area contributed by atoms with Crippen LogP contribution >= 0.6 is 11.6 Å². The molecule has 5 heteroatoms. The van der Waals surface area contributed by atoms with Gasteiger partial charge in [-0.2, -0.15) is 0 Å². The number of carbonyl (C=O) groups excluding carboxylic acids is 1. The number of cyclic esters (lactones) is 1. The number of hydrogen-bond acceptors (Lipinski definition) is 3. The zero-order valence-corrected chi connectivity index (χ0v) is 9.94. The standard InChI is InChI=1S/C11H13ClN2O2/c1-3-14-7(2)10(16-11(14)15)9-6-8(12)4-5-13-9/h4-7,10H,3H2,1-2H3/t7-,10+/m1/s1. The molecular weight excluding hydrogens is 228 g/mol. The molecule has 0 bridgehead atoms. The third kappa shape index (κ3) is 1.85. The van der Waals surface area contributed by atoms with Crippen LogP contribution in [0.5, 0.6) is 0 Å². The van der Waals surface area contributed by atoms with E-state index < -0.39 is 0 Å². The Kier molecular flexibility index (Phi) is 3.01. The van der Waals surface area contributed by atoms with Crippen molar-refractivity contribution in [2.24, 2.45) is 0 Å². The molecule has 4 nitrogen and oxygen atoms in total. The van der Waals surface area contributed by atoms with Gasteiger partial charge in [-0.1, -0.05) is 11.6 Å². The first-order chi connectivity index (χ1) is 7.63. The minimum atomic E-state index is -0.328. The Bertz CT molecular complexity index is 411. The summed E-state index contributed by atoms with van der Waals surface area (Å²) < 4.78 is 5.28. The number of pyridine rings is 1. The van der Waals surface area contributed by atoms with Gasteiger partial charge >= 0.3 is 6.09 Å². The second kappa shape index (κ2) is 4.29. The maximum atomic E-state index is 11.5. The van der Waals surface area contributed by atoms with Crippen molar-refractivity contribution in [1.82, 2.24) is 9.88 Å². The normalized spacial score (nSPS) is 24.7. The maximum Gasteiger partial charge on any atom is 0.410 e. The molecule has 86 valence electrons. The van der Waals surface area contributed by atoms with Crippen molar-refractivity contribution in [2.75, 3.05) is 6.54 Å². The molecule has 0 N–H and O–H groups in total. The van der Waals surface area contributed by atoms with Crippen molar-refractivity contribution in [3.63, 3.8) is 0 Å². The quantitative estimate of drug-likeness (QED) is 0.798. The lowest BCUT2D eigenvalue weighted by Crippen LogP contribution is -2.31. The average Bonchev–Trinajstić information content (AvgIpc) is 2.54. The maximum absolute atomic E-state index is 11.5. The molecule has 1 fully saturated rings. The van der Waals surface area contributed by atoms with E-state index in [0.29, 0.717) is 17.3 Å². The van der Waals surface area contributed by atoms with Gasteiger partial charge in [-0.25, -0.2) is 4.79 Å². The van der Waals surface area contributed by atoms with Crippen LogP contribution in [0.3, 0.4) is 0 Å². The van der Waals surface area contributed by atoms with Crippen molar-refractivity contribution in [3.05, 3.63) is 29.0 Å². The Hall–Kier alpha value is -1.29. The molecule has 2 heterocycles. The van der Waals surface area contributed by atoms with Crippen LogP contribution in [0.15, 0.2) is 18.3 Å². The van der Waals surface area contributed by atoms with Crippen LogP contribution in [0.25, 0.3) is 0 Å². The first-order valence-electron chi connectivity index (χ1n) is 5.22. The SMILES string of the molecule is CCN1C(=O)O[C@H](c2cc(Cl)ccn2)[C@H]1C. The predicted molar refractivity (Wildman–Crippen MR) is 60.3 cm³/mol. The van der Waals surface area contributed by atoms with Crippen LogP contribution < -0.4 is 0 Å². The van der Waals surface area contributed by atoms with Gasteiger partial charge in [0.2, 0.25) is 0 Å². The summed E-state index contributed by atoms with van der Waals surface area (Å²) in [5.41, 5.74) is 0.698. The van der Waals surface area contributed by atoms with Gasteiger partial charge in [0.05, 0.1) is 11.7 Å². The number of carbonyl (C=O) groups is 1. The van der Waals surface area contributed by atoms with Gasteiger partial charge in [0.15, 0.2) is 6.10 Å². The number of amides is 1. The van der Waals surface area contributed by atoms with E-state index in [4.69, 9.17) is 16.3 Å². The van der Waals surface area contributed by atoms with Gasteiger partial charge in [0, 0.05) is 17.8 Å². The van der Waals surface area contributed by atoms with E-state index in [-0.39, 0.29) is 18.2 Å². The van der Waals surface area contributed by atoms with Gasteiger partial charge in [0.1, 0.15) is 0 Å².